The molecule has 3 fully saturated rings. The Bertz CT molecular complexity index is 2060. The first-order valence-electron chi connectivity index (χ1n) is 20.5. The molecule has 5 aliphatic rings. The van der Waals surface area contributed by atoms with Crippen LogP contribution in [0.1, 0.15) is 105 Å². The predicted octanol–water partition coefficient (Wildman–Crippen LogP) is 5.08. The first-order chi connectivity index (χ1) is 26.9. The van der Waals surface area contributed by atoms with Gasteiger partial charge in [0.05, 0.1) is 17.9 Å². The van der Waals surface area contributed by atoms with Crippen LogP contribution in [0, 0.1) is 17.8 Å². The van der Waals surface area contributed by atoms with Gasteiger partial charge in [-0.25, -0.2) is 13.2 Å². The fraction of sp³-hybridized carbons (Fsp3) is 0.643. The third-order valence-corrected chi connectivity index (χ3v) is 14.5. The van der Waals surface area contributed by atoms with Gasteiger partial charge in [-0.15, -0.1) is 0 Å². The van der Waals surface area contributed by atoms with Gasteiger partial charge in [0.25, 0.3) is 5.91 Å². The zero-order valence-corrected chi connectivity index (χ0v) is 34.7. The number of rotatable bonds is 7. The molecule has 0 radical (unpaired) electrons. The average Bonchev–Trinajstić information content (AvgIpc) is 4.04. The van der Waals surface area contributed by atoms with Crippen LogP contribution >= 0.6 is 0 Å². The molecule has 0 bridgehead atoms. The highest BCUT2D eigenvalue weighted by Crippen LogP contribution is 2.48. The number of amides is 4. The molecule has 1 saturated heterocycles. The van der Waals surface area contributed by atoms with Crippen LogP contribution in [-0.2, 0) is 35.6 Å². The van der Waals surface area contributed by atoms with Crippen molar-refractivity contribution in [3.63, 3.8) is 0 Å². The Hall–Kier alpha value is -4.40. The lowest BCUT2D eigenvalue weighted by Gasteiger charge is -2.34. The highest BCUT2D eigenvalue weighted by Gasteiger charge is 2.63. The van der Waals surface area contributed by atoms with Gasteiger partial charge in [0.2, 0.25) is 33.6 Å². The minimum Gasteiger partial charge on any atom is -0.477 e. The molecule has 4 amide bonds. The van der Waals surface area contributed by atoms with Crippen LogP contribution in [0.3, 0.4) is 0 Å². The Morgan fingerprint density at radius 1 is 1.12 bits per heavy atom. The van der Waals surface area contributed by atoms with Crippen molar-refractivity contribution in [2.75, 3.05) is 13.2 Å². The second-order valence-electron chi connectivity index (χ2n) is 18.0. The van der Waals surface area contributed by atoms with Crippen molar-refractivity contribution in [3.05, 3.63) is 42.0 Å². The van der Waals surface area contributed by atoms with Crippen molar-refractivity contribution in [1.29, 1.82) is 0 Å². The summed E-state index contributed by atoms with van der Waals surface area (Å²) in [5.41, 5.74) is -1.35. The minimum absolute atomic E-state index is 0.0153. The van der Waals surface area contributed by atoms with E-state index in [-0.39, 0.29) is 31.2 Å². The lowest BCUT2D eigenvalue weighted by molar-refractivity contribution is -0.142. The zero-order chi connectivity index (χ0) is 40.9. The molecule has 3 N–H and O–H groups in total. The van der Waals surface area contributed by atoms with E-state index in [0.29, 0.717) is 50.5 Å². The van der Waals surface area contributed by atoms with Gasteiger partial charge in [-0.1, -0.05) is 50.6 Å². The number of benzene rings is 1. The number of carbonyl (C=O) groups excluding carboxylic acids is 4. The van der Waals surface area contributed by atoms with E-state index in [1.165, 1.54) is 4.90 Å². The number of hydrogen-bond acceptors (Lipinski definition) is 10. The highest BCUT2D eigenvalue weighted by atomic mass is 32.2. The third-order valence-electron chi connectivity index (χ3n) is 12.3. The molecule has 0 spiro atoms. The maximum atomic E-state index is 15.0. The van der Waals surface area contributed by atoms with E-state index in [0.717, 1.165) is 35.6 Å². The van der Waals surface area contributed by atoms with E-state index in [4.69, 9.17) is 19.2 Å². The highest BCUT2D eigenvalue weighted by molar-refractivity contribution is 7.91. The summed E-state index contributed by atoms with van der Waals surface area (Å²) in [5.74, 6) is -1.65. The summed E-state index contributed by atoms with van der Waals surface area (Å²) in [4.78, 5) is 63.2. The molecular weight excluding hydrogens is 751 g/mol. The standard InChI is InChI=1S/C42H57N5O9S/c1-7-26-21-25(2)13-8-9-14-27-23-42(27,38(50)46-57(52,53)41(6)18-19-41)45-34(48)32-22-28(24-47(32)37(49)33(26)43-39(51)56-40(3,4)5)55-36-31-16-11-10-15-29(31)30-17-12-20-54-35(30)44-36/h9-11,14-16,25-28,32-33H,7-8,12-13,17-24H2,1-6H3,(H,43,51)(H,45,48)(H,46,50). The van der Waals surface area contributed by atoms with E-state index in [1.807, 2.05) is 43.3 Å². The largest absolute Gasteiger partial charge is 0.477 e. The number of sulfonamides is 1. The molecule has 7 rings (SSSR count). The summed E-state index contributed by atoms with van der Waals surface area (Å²) in [6.07, 6.45) is 7.87. The molecule has 7 atom stereocenters. The SMILES string of the molecule is CCC1CC(C)CCC=CC2CC2(C(=O)NS(=O)(=O)C2(C)CC2)NC(=O)C2CC(Oc3nc4c(c5ccccc35)CCCO4)CN2C(=O)C1NC(=O)OC(C)(C)C. The van der Waals surface area contributed by atoms with Gasteiger partial charge in [-0.2, -0.15) is 4.98 Å². The number of hydrogen-bond donors (Lipinski definition) is 3. The summed E-state index contributed by atoms with van der Waals surface area (Å²) in [6.45, 7) is 11.4. The van der Waals surface area contributed by atoms with E-state index in [9.17, 15) is 22.8 Å². The smallest absolute Gasteiger partial charge is 0.408 e. The van der Waals surface area contributed by atoms with Crippen LogP contribution in [0.4, 0.5) is 4.79 Å². The van der Waals surface area contributed by atoms with Crippen molar-refractivity contribution >= 4 is 44.6 Å². The number of carbonyl (C=O) groups is 4. The number of ether oxygens (including phenoxy) is 3. The van der Waals surface area contributed by atoms with Gasteiger partial charge < -0.3 is 29.7 Å². The predicted molar refractivity (Wildman–Crippen MR) is 213 cm³/mol. The Balaban J connectivity index is 1.25. The Morgan fingerprint density at radius 2 is 1.86 bits per heavy atom. The van der Waals surface area contributed by atoms with Gasteiger partial charge in [0, 0.05) is 23.3 Å². The number of nitrogens with one attached hydrogen (secondary N) is 3. The van der Waals surface area contributed by atoms with Gasteiger partial charge in [-0.05, 0) is 102 Å². The second-order valence-corrected chi connectivity index (χ2v) is 20.2. The molecule has 2 aromatic rings. The first-order valence-corrected chi connectivity index (χ1v) is 22.0. The molecule has 4 heterocycles. The zero-order valence-electron chi connectivity index (χ0n) is 33.9. The van der Waals surface area contributed by atoms with E-state index in [1.54, 1.807) is 27.7 Å². The first kappa shape index (κ1) is 40.8. The van der Waals surface area contributed by atoms with Crippen LogP contribution in [-0.4, -0.2) is 89.3 Å². The second kappa shape index (κ2) is 15.4. The molecule has 2 aliphatic carbocycles. The monoisotopic (exact) mass is 807 g/mol. The molecule has 57 heavy (non-hydrogen) atoms. The summed E-state index contributed by atoms with van der Waals surface area (Å²) in [7, 11) is -4.00. The molecule has 15 heteroatoms. The maximum absolute atomic E-state index is 15.0. The Morgan fingerprint density at radius 3 is 2.56 bits per heavy atom. The van der Waals surface area contributed by atoms with Gasteiger partial charge >= 0.3 is 6.09 Å². The van der Waals surface area contributed by atoms with Crippen LogP contribution in [0.5, 0.6) is 11.8 Å². The van der Waals surface area contributed by atoms with Gasteiger partial charge in [0.1, 0.15) is 29.3 Å². The normalized spacial score (nSPS) is 30.0. The van der Waals surface area contributed by atoms with Gasteiger partial charge in [-0.3, -0.25) is 19.1 Å². The fourth-order valence-corrected chi connectivity index (χ4v) is 9.86. The summed E-state index contributed by atoms with van der Waals surface area (Å²) < 4.78 is 46.0. The molecule has 3 aliphatic heterocycles. The maximum Gasteiger partial charge on any atom is 0.408 e. The molecule has 1 aromatic carbocycles. The van der Waals surface area contributed by atoms with Crippen molar-refractivity contribution < 1.29 is 41.8 Å². The van der Waals surface area contributed by atoms with Crippen molar-refractivity contribution in [2.24, 2.45) is 17.8 Å². The number of aryl methyl sites for hydroxylation is 1. The number of fused-ring (bicyclic) bond motifs is 5. The third kappa shape index (κ3) is 8.45. The topological polar surface area (TPSA) is 182 Å². The summed E-state index contributed by atoms with van der Waals surface area (Å²) in [6, 6.07) is 5.61. The lowest BCUT2D eigenvalue weighted by atomic mass is 9.85. The van der Waals surface area contributed by atoms with Crippen LogP contribution in [0.25, 0.3) is 10.8 Å². The Labute approximate surface area is 335 Å². The Kier molecular flexibility index (Phi) is 11.0. The van der Waals surface area contributed by atoms with Crippen LogP contribution in [0.15, 0.2) is 36.4 Å². The number of aromatic nitrogens is 1. The number of nitrogens with zero attached hydrogens (tertiary/aromatic N) is 2. The average molecular weight is 808 g/mol. The minimum atomic E-state index is -4.00. The summed E-state index contributed by atoms with van der Waals surface area (Å²) >= 11 is 0. The molecule has 310 valence electrons. The lowest BCUT2D eigenvalue weighted by Crippen LogP contribution is -2.59. The van der Waals surface area contributed by atoms with Gasteiger partial charge in [0.15, 0.2) is 0 Å². The molecule has 2 saturated carbocycles. The molecule has 14 nitrogen and oxygen atoms in total. The van der Waals surface area contributed by atoms with Crippen molar-refractivity contribution in [2.45, 2.75) is 140 Å². The fourth-order valence-electron chi connectivity index (χ4n) is 8.54. The van der Waals surface area contributed by atoms with Crippen LogP contribution in [0.2, 0.25) is 0 Å². The van der Waals surface area contributed by atoms with Crippen molar-refractivity contribution in [3.8, 4) is 11.8 Å². The molecule has 1 aromatic heterocycles. The van der Waals surface area contributed by atoms with Crippen LogP contribution < -0.4 is 24.8 Å². The quantitative estimate of drug-likeness (QED) is 0.320. The number of alkyl carbamates (subject to hydrolysis) is 1. The van der Waals surface area contributed by atoms with E-state index >= 15 is 4.79 Å². The number of pyridine rings is 1. The summed E-state index contributed by atoms with van der Waals surface area (Å²) in [5, 5.41) is 7.55. The number of allylic oxidation sites excluding steroid dienone is 1. The van der Waals surface area contributed by atoms with E-state index in [2.05, 4.69) is 22.3 Å². The van der Waals surface area contributed by atoms with Crippen molar-refractivity contribution in [1.82, 2.24) is 25.2 Å². The molecular formula is C42H57N5O9S. The molecule has 7 unspecified atom stereocenters. The van der Waals surface area contributed by atoms with E-state index < -0.39 is 73.8 Å².